The molecule has 3 N–H and O–H groups in total. The van der Waals surface area contributed by atoms with Gasteiger partial charge in [-0.1, -0.05) is 30.3 Å². The van der Waals surface area contributed by atoms with E-state index in [1.54, 1.807) is 25.5 Å². The number of nitrogens with zero attached hydrogens (tertiary/aromatic N) is 1. The van der Waals surface area contributed by atoms with Crippen LogP contribution in [0, 0.1) is 0 Å². The Bertz CT molecular complexity index is 914. The lowest BCUT2D eigenvalue weighted by atomic mass is 10.2. The summed E-state index contributed by atoms with van der Waals surface area (Å²) in [5, 5.41) is 18.1. The fourth-order valence-electron chi connectivity index (χ4n) is 2.97. The Balaban J connectivity index is 0.00000341. The van der Waals surface area contributed by atoms with E-state index in [0.29, 0.717) is 25.7 Å². The van der Waals surface area contributed by atoms with Crippen LogP contribution in [0.25, 0.3) is 10.1 Å². The lowest BCUT2D eigenvalue weighted by molar-refractivity contribution is 0.119. The van der Waals surface area contributed by atoms with Gasteiger partial charge in [0.15, 0.2) is 5.96 Å². The Hall–Kier alpha value is -1.88. The third-order valence-corrected chi connectivity index (χ3v) is 5.86. The number of ether oxygens (including phenoxy) is 2. The van der Waals surface area contributed by atoms with Crippen molar-refractivity contribution in [2.24, 2.45) is 4.99 Å². The number of rotatable bonds is 10. The van der Waals surface area contributed by atoms with E-state index in [0.717, 1.165) is 34.5 Å². The van der Waals surface area contributed by atoms with Crippen LogP contribution in [-0.2, 0) is 11.3 Å². The van der Waals surface area contributed by atoms with Crippen molar-refractivity contribution in [1.82, 2.24) is 10.6 Å². The Morgan fingerprint density at radius 2 is 1.90 bits per heavy atom. The number of benzene rings is 2. The highest BCUT2D eigenvalue weighted by Crippen LogP contribution is 2.29. The highest BCUT2D eigenvalue weighted by atomic mass is 127. The molecule has 31 heavy (non-hydrogen) atoms. The number of guanidine groups is 1. The third-order valence-electron chi connectivity index (χ3n) is 4.65. The lowest BCUT2D eigenvalue weighted by Crippen LogP contribution is -2.39. The van der Waals surface area contributed by atoms with E-state index < -0.39 is 6.10 Å². The van der Waals surface area contributed by atoms with Crippen molar-refractivity contribution in [1.29, 1.82) is 0 Å². The fraction of sp³-hybridized carbons (Fsp3) is 0.348. The SMILES string of the molecule is CN=C(NCCCOCc1ccc(OC)cc1)NCC(O)c1cc2ccccc2s1.I. The maximum Gasteiger partial charge on any atom is 0.191 e. The van der Waals surface area contributed by atoms with E-state index in [4.69, 9.17) is 9.47 Å². The van der Waals surface area contributed by atoms with Crippen molar-refractivity contribution >= 4 is 51.4 Å². The minimum atomic E-state index is -0.575. The number of aliphatic hydroxyl groups is 1. The minimum Gasteiger partial charge on any atom is -0.497 e. The van der Waals surface area contributed by atoms with Gasteiger partial charge in [0.1, 0.15) is 11.9 Å². The summed E-state index contributed by atoms with van der Waals surface area (Å²) in [6, 6.07) is 18.1. The number of fused-ring (bicyclic) bond motifs is 1. The maximum absolute atomic E-state index is 10.5. The molecule has 0 aliphatic carbocycles. The Morgan fingerprint density at radius 3 is 2.61 bits per heavy atom. The molecular formula is C23H30IN3O3S. The molecule has 1 unspecified atom stereocenters. The van der Waals surface area contributed by atoms with Crippen LogP contribution in [0.4, 0.5) is 0 Å². The van der Waals surface area contributed by atoms with E-state index in [1.807, 2.05) is 42.5 Å². The quantitative estimate of drug-likeness (QED) is 0.150. The van der Waals surface area contributed by atoms with Crippen LogP contribution in [0.1, 0.15) is 23.0 Å². The van der Waals surface area contributed by atoms with Gasteiger partial charge in [0, 0.05) is 36.3 Å². The molecule has 3 rings (SSSR count). The number of aliphatic imine (C=N–C) groups is 1. The second-order valence-corrected chi connectivity index (χ2v) is 7.95. The monoisotopic (exact) mass is 555 g/mol. The zero-order valence-electron chi connectivity index (χ0n) is 17.8. The molecule has 8 heteroatoms. The summed E-state index contributed by atoms with van der Waals surface area (Å²) >= 11 is 1.62. The fourth-order valence-corrected chi connectivity index (χ4v) is 4.02. The van der Waals surface area contributed by atoms with Gasteiger partial charge in [-0.05, 0) is 41.6 Å². The van der Waals surface area contributed by atoms with E-state index >= 15 is 0 Å². The summed E-state index contributed by atoms with van der Waals surface area (Å²) in [5.74, 6) is 1.52. The standard InChI is InChI=1S/C23H29N3O3S.HI/c1-24-23(25-12-5-13-29-16-17-8-10-19(28-2)11-9-17)26-15-20(27)22-14-18-6-3-4-7-21(18)30-22;/h3-4,6-11,14,20,27H,5,12-13,15-16H2,1-2H3,(H2,24,25,26);1H. The molecule has 6 nitrogen and oxygen atoms in total. The van der Waals surface area contributed by atoms with Crippen LogP contribution in [-0.4, -0.2) is 44.9 Å². The summed E-state index contributed by atoms with van der Waals surface area (Å²) in [5.41, 5.74) is 1.12. The van der Waals surface area contributed by atoms with Crippen molar-refractivity contribution in [2.45, 2.75) is 19.1 Å². The molecular weight excluding hydrogens is 525 g/mol. The molecule has 1 heterocycles. The number of aliphatic hydroxyl groups excluding tert-OH is 1. The van der Waals surface area contributed by atoms with Crippen molar-refractivity contribution in [3.8, 4) is 5.75 Å². The van der Waals surface area contributed by atoms with Crippen LogP contribution in [0.15, 0.2) is 59.6 Å². The van der Waals surface area contributed by atoms with Crippen LogP contribution < -0.4 is 15.4 Å². The first-order valence-electron chi connectivity index (χ1n) is 10.0. The Labute approximate surface area is 204 Å². The first-order chi connectivity index (χ1) is 14.7. The zero-order chi connectivity index (χ0) is 21.2. The first kappa shape index (κ1) is 25.4. The van der Waals surface area contributed by atoms with E-state index in [2.05, 4.69) is 27.8 Å². The van der Waals surface area contributed by atoms with Crippen molar-refractivity contribution in [3.63, 3.8) is 0 Å². The molecule has 0 radical (unpaired) electrons. The maximum atomic E-state index is 10.5. The Morgan fingerprint density at radius 1 is 1.13 bits per heavy atom. The van der Waals surface area contributed by atoms with Crippen molar-refractivity contribution in [2.75, 3.05) is 33.9 Å². The van der Waals surface area contributed by atoms with Gasteiger partial charge >= 0.3 is 0 Å². The molecule has 2 aromatic carbocycles. The smallest absolute Gasteiger partial charge is 0.191 e. The van der Waals surface area contributed by atoms with Gasteiger partial charge in [-0.25, -0.2) is 0 Å². The molecule has 0 amide bonds. The zero-order valence-corrected chi connectivity index (χ0v) is 21.0. The topological polar surface area (TPSA) is 75.1 Å². The first-order valence-corrected chi connectivity index (χ1v) is 10.8. The molecule has 1 aromatic heterocycles. The highest BCUT2D eigenvalue weighted by Gasteiger charge is 2.12. The minimum absolute atomic E-state index is 0. The molecule has 0 aliphatic heterocycles. The largest absolute Gasteiger partial charge is 0.497 e. The highest BCUT2D eigenvalue weighted by molar-refractivity contribution is 14.0. The number of nitrogens with one attached hydrogen (secondary N) is 2. The van der Waals surface area contributed by atoms with E-state index in [-0.39, 0.29) is 24.0 Å². The summed E-state index contributed by atoms with van der Waals surface area (Å²) in [4.78, 5) is 5.16. The van der Waals surface area contributed by atoms with Crippen LogP contribution in [0.5, 0.6) is 5.75 Å². The van der Waals surface area contributed by atoms with Crippen LogP contribution in [0.3, 0.4) is 0 Å². The van der Waals surface area contributed by atoms with Gasteiger partial charge in [-0.3, -0.25) is 4.99 Å². The predicted octanol–water partition coefficient (Wildman–Crippen LogP) is 4.33. The van der Waals surface area contributed by atoms with Gasteiger partial charge in [0.2, 0.25) is 0 Å². The molecule has 0 bridgehead atoms. The number of hydrogen-bond acceptors (Lipinski definition) is 5. The van der Waals surface area contributed by atoms with Crippen molar-refractivity contribution in [3.05, 3.63) is 65.0 Å². The third kappa shape index (κ3) is 7.95. The van der Waals surface area contributed by atoms with Gasteiger partial charge in [0.25, 0.3) is 0 Å². The summed E-state index contributed by atoms with van der Waals surface area (Å²) in [7, 11) is 3.38. The lowest BCUT2D eigenvalue weighted by Gasteiger charge is -2.14. The summed E-state index contributed by atoms with van der Waals surface area (Å²) in [6.45, 7) is 2.38. The number of halogens is 1. The summed E-state index contributed by atoms with van der Waals surface area (Å²) in [6.07, 6.45) is 0.282. The second-order valence-electron chi connectivity index (χ2n) is 6.84. The second kappa shape index (κ2) is 13.5. The number of thiophene rings is 1. The molecule has 168 valence electrons. The Kier molecular flexibility index (Phi) is 11.1. The molecule has 0 saturated heterocycles. The van der Waals surface area contributed by atoms with Gasteiger partial charge in [0.05, 0.1) is 13.7 Å². The van der Waals surface area contributed by atoms with E-state index in [9.17, 15) is 5.11 Å². The van der Waals surface area contributed by atoms with Crippen molar-refractivity contribution < 1.29 is 14.6 Å². The molecule has 0 aliphatic rings. The average molecular weight is 555 g/mol. The summed E-state index contributed by atoms with van der Waals surface area (Å²) < 4.78 is 12.0. The normalized spacial score (nSPS) is 12.3. The van der Waals surface area contributed by atoms with E-state index in [1.165, 1.54) is 4.70 Å². The molecule has 1 atom stereocenters. The number of hydrogen-bond donors (Lipinski definition) is 3. The molecule has 0 saturated carbocycles. The molecule has 3 aromatic rings. The predicted molar refractivity (Wildman–Crippen MR) is 139 cm³/mol. The van der Waals surface area contributed by atoms with Gasteiger partial charge in [-0.15, -0.1) is 35.3 Å². The van der Waals surface area contributed by atoms with Gasteiger partial charge in [-0.2, -0.15) is 0 Å². The van der Waals surface area contributed by atoms with Crippen LogP contribution >= 0.6 is 35.3 Å². The average Bonchev–Trinajstić information content (AvgIpc) is 3.23. The molecule has 0 spiro atoms. The number of methoxy groups -OCH3 is 1. The van der Waals surface area contributed by atoms with Crippen LogP contribution in [0.2, 0.25) is 0 Å². The molecule has 0 fully saturated rings. The van der Waals surface area contributed by atoms with Gasteiger partial charge < -0.3 is 25.2 Å².